The first-order chi connectivity index (χ1) is 13.2. The molecule has 1 atom stereocenters. The second-order valence-corrected chi connectivity index (χ2v) is 7.57. The molecule has 156 valence electrons. The van der Waals surface area contributed by atoms with Gasteiger partial charge in [0.25, 0.3) is 0 Å². The number of carbonyl (C=O) groups excluding carboxylic acids is 1. The Labute approximate surface area is 186 Å². The predicted octanol–water partition coefficient (Wildman–Crippen LogP) is 2.15. The lowest BCUT2D eigenvalue weighted by Gasteiger charge is -2.24. The van der Waals surface area contributed by atoms with E-state index in [1.54, 1.807) is 7.05 Å². The van der Waals surface area contributed by atoms with E-state index < -0.39 is 0 Å². The van der Waals surface area contributed by atoms with Gasteiger partial charge in [-0.05, 0) is 31.2 Å². The van der Waals surface area contributed by atoms with E-state index >= 15 is 0 Å². The molecule has 3 N–H and O–H groups in total. The Morgan fingerprint density at radius 1 is 1.14 bits per heavy atom. The number of amides is 1. The molecule has 1 saturated carbocycles. The molecule has 7 heteroatoms. The van der Waals surface area contributed by atoms with Crippen molar-refractivity contribution in [1.29, 1.82) is 0 Å². The van der Waals surface area contributed by atoms with Crippen molar-refractivity contribution in [3.05, 3.63) is 35.9 Å². The second-order valence-electron chi connectivity index (χ2n) is 7.57. The third kappa shape index (κ3) is 7.24. The van der Waals surface area contributed by atoms with Gasteiger partial charge in [0.05, 0.1) is 6.54 Å². The minimum atomic E-state index is -0.00659. The molecular weight excluding hydrogens is 465 g/mol. The number of aliphatic imine (C=N–C) groups is 1. The zero-order valence-electron chi connectivity index (χ0n) is 16.8. The first-order valence-corrected chi connectivity index (χ1v) is 10.3. The summed E-state index contributed by atoms with van der Waals surface area (Å²) in [7, 11) is 1.76. The minimum Gasteiger partial charge on any atom is -0.354 e. The van der Waals surface area contributed by atoms with E-state index in [9.17, 15) is 4.79 Å². The van der Waals surface area contributed by atoms with Crippen LogP contribution in [0.25, 0.3) is 0 Å². The molecule has 1 saturated heterocycles. The van der Waals surface area contributed by atoms with Crippen molar-refractivity contribution in [2.45, 2.75) is 50.6 Å². The van der Waals surface area contributed by atoms with Gasteiger partial charge in [-0.25, -0.2) is 0 Å². The average Bonchev–Trinajstić information content (AvgIpc) is 3.37. The summed E-state index contributed by atoms with van der Waals surface area (Å²) in [6, 6.07) is 11.4. The largest absolute Gasteiger partial charge is 0.354 e. The average molecular weight is 499 g/mol. The van der Waals surface area contributed by atoms with Crippen LogP contribution in [0.5, 0.6) is 0 Å². The first-order valence-electron chi connectivity index (χ1n) is 10.3. The van der Waals surface area contributed by atoms with Crippen LogP contribution in [0, 0.1) is 0 Å². The molecule has 6 nitrogen and oxygen atoms in total. The van der Waals surface area contributed by atoms with E-state index in [4.69, 9.17) is 0 Å². The zero-order chi connectivity index (χ0) is 18.9. The van der Waals surface area contributed by atoms with E-state index in [1.807, 2.05) is 18.2 Å². The van der Waals surface area contributed by atoms with Gasteiger partial charge < -0.3 is 16.0 Å². The molecule has 1 amide bonds. The molecule has 3 rings (SSSR count). The van der Waals surface area contributed by atoms with Crippen LogP contribution >= 0.6 is 24.0 Å². The summed E-state index contributed by atoms with van der Waals surface area (Å²) in [5.74, 6) is 0.708. The summed E-state index contributed by atoms with van der Waals surface area (Å²) in [5.41, 5.74) is 1.23. The monoisotopic (exact) mass is 499 g/mol. The van der Waals surface area contributed by atoms with Gasteiger partial charge in [0.2, 0.25) is 5.91 Å². The number of benzene rings is 1. The maximum atomic E-state index is 12.1. The third-order valence-corrected chi connectivity index (χ3v) is 5.62. The fraction of sp³-hybridized carbons (Fsp3) is 0.619. The SMILES string of the molecule is CN=C(NCC(=O)NCCc1ccccc1)NC1CCN(C2CCCC2)C1.I. The van der Waals surface area contributed by atoms with E-state index in [2.05, 4.69) is 38.0 Å². The molecular formula is C21H34IN5O. The summed E-state index contributed by atoms with van der Waals surface area (Å²) in [6.45, 7) is 3.14. The molecule has 0 spiro atoms. The number of rotatable bonds is 7. The third-order valence-electron chi connectivity index (χ3n) is 5.62. The van der Waals surface area contributed by atoms with Gasteiger partial charge in [0, 0.05) is 38.8 Å². The van der Waals surface area contributed by atoms with Crippen molar-refractivity contribution in [2.75, 3.05) is 33.2 Å². The zero-order valence-corrected chi connectivity index (χ0v) is 19.2. The molecule has 2 fully saturated rings. The van der Waals surface area contributed by atoms with Crippen LogP contribution in [0.3, 0.4) is 0 Å². The summed E-state index contributed by atoms with van der Waals surface area (Å²) < 4.78 is 0. The fourth-order valence-electron chi connectivity index (χ4n) is 4.11. The minimum absolute atomic E-state index is 0. The lowest BCUT2D eigenvalue weighted by Crippen LogP contribution is -2.48. The molecule has 1 unspecified atom stereocenters. The number of halogens is 1. The maximum absolute atomic E-state index is 12.1. The normalized spacial score (nSPS) is 20.6. The van der Waals surface area contributed by atoms with Crippen LogP contribution in [0.2, 0.25) is 0 Å². The Kier molecular flexibility index (Phi) is 10.0. The number of nitrogens with zero attached hydrogens (tertiary/aromatic N) is 2. The first kappa shape index (κ1) is 22.9. The highest BCUT2D eigenvalue weighted by molar-refractivity contribution is 14.0. The van der Waals surface area contributed by atoms with Crippen LogP contribution in [-0.2, 0) is 11.2 Å². The summed E-state index contributed by atoms with van der Waals surface area (Å²) >= 11 is 0. The van der Waals surface area contributed by atoms with Crippen molar-refractivity contribution in [1.82, 2.24) is 20.9 Å². The molecule has 28 heavy (non-hydrogen) atoms. The quantitative estimate of drug-likeness (QED) is 0.306. The fourth-order valence-corrected chi connectivity index (χ4v) is 4.11. The molecule has 2 aliphatic rings. The lowest BCUT2D eigenvalue weighted by molar-refractivity contribution is -0.119. The number of hydrogen-bond acceptors (Lipinski definition) is 3. The van der Waals surface area contributed by atoms with Gasteiger partial charge in [0.1, 0.15) is 0 Å². The highest BCUT2D eigenvalue weighted by Crippen LogP contribution is 2.26. The molecule has 1 aliphatic carbocycles. The number of guanidine groups is 1. The van der Waals surface area contributed by atoms with Crippen molar-refractivity contribution < 1.29 is 4.79 Å². The Morgan fingerprint density at radius 2 is 1.89 bits per heavy atom. The van der Waals surface area contributed by atoms with Gasteiger partial charge in [-0.1, -0.05) is 43.2 Å². The van der Waals surface area contributed by atoms with Crippen LogP contribution in [-0.4, -0.2) is 62.1 Å². The standard InChI is InChI=1S/C21H33N5O.HI/c1-22-21(25-18-12-14-26(16-18)19-9-5-6-10-19)24-15-20(27)23-13-11-17-7-3-2-4-8-17;/h2-4,7-8,18-19H,5-6,9-16H2,1H3,(H,23,27)(H2,22,24,25);1H. The highest BCUT2D eigenvalue weighted by atomic mass is 127. The number of carbonyl (C=O) groups is 1. The predicted molar refractivity (Wildman–Crippen MR) is 125 cm³/mol. The van der Waals surface area contributed by atoms with Crippen LogP contribution in [0.15, 0.2) is 35.3 Å². The van der Waals surface area contributed by atoms with Crippen molar-refractivity contribution >= 4 is 35.8 Å². The Balaban J connectivity index is 0.00000280. The highest BCUT2D eigenvalue weighted by Gasteiger charge is 2.30. The molecule has 1 heterocycles. The molecule has 0 aromatic heterocycles. The van der Waals surface area contributed by atoms with Crippen LogP contribution in [0.4, 0.5) is 0 Å². The van der Waals surface area contributed by atoms with Gasteiger partial charge in [-0.15, -0.1) is 24.0 Å². The summed E-state index contributed by atoms with van der Waals surface area (Å²) in [6.07, 6.45) is 7.44. The Morgan fingerprint density at radius 3 is 2.61 bits per heavy atom. The van der Waals surface area contributed by atoms with E-state index in [0.717, 1.165) is 25.4 Å². The Bertz CT molecular complexity index is 618. The number of hydrogen-bond donors (Lipinski definition) is 3. The summed E-state index contributed by atoms with van der Waals surface area (Å²) in [4.78, 5) is 18.9. The van der Waals surface area contributed by atoms with Gasteiger partial charge in [-0.3, -0.25) is 14.7 Å². The molecule has 1 aliphatic heterocycles. The van der Waals surface area contributed by atoms with E-state index in [1.165, 1.54) is 37.8 Å². The number of likely N-dealkylation sites (tertiary alicyclic amines) is 1. The van der Waals surface area contributed by atoms with Crippen molar-refractivity contribution in [2.24, 2.45) is 4.99 Å². The van der Waals surface area contributed by atoms with Gasteiger partial charge in [0.15, 0.2) is 5.96 Å². The van der Waals surface area contributed by atoms with Crippen LogP contribution < -0.4 is 16.0 Å². The van der Waals surface area contributed by atoms with E-state index in [-0.39, 0.29) is 36.4 Å². The van der Waals surface area contributed by atoms with Crippen molar-refractivity contribution in [3.8, 4) is 0 Å². The van der Waals surface area contributed by atoms with Crippen LogP contribution in [0.1, 0.15) is 37.7 Å². The lowest BCUT2D eigenvalue weighted by atomic mass is 10.1. The maximum Gasteiger partial charge on any atom is 0.239 e. The van der Waals surface area contributed by atoms with Gasteiger partial charge >= 0.3 is 0 Å². The smallest absolute Gasteiger partial charge is 0.239 e. The number of nitrogens with one attached hydrogen (secondary N) is 3. The summed E-state index contributed by atoms with van der Waals surface area (Å²) in [5, 5.41) is 9.57. The molecule has 1 aromatic rings. The molecule has 0 bridgehead atoms. The molecule has 0 radical (unpaired) electrons. The van der Waals surface area contributed by atoms with Gasteiger partial charge in [-0.2, -0.15) is 0 Å². The molecule has 1 aromatic carbocycles. The second kappa shape index (κ2) is 12.3. The Hall–Kier alpha value is -1.35. The van der Waals surface area contributed by atoms with Crippen molar-refractivity contribution in [3.63, 3.8) is 0 Å². The van der Waals surface area contributed by atoms with E-state index in [0.29, 0.717) is 18.5 Å². The topological polar surface area (TPSA) is 68.8 Å².